The van der Waals surface area contributed by atoms with Gasteiger partial charge in [-0.15, -0.1) is 0 Å². The average molecular weight is 283 g/mol. The lowest BCUT2D eigenvalue weighted by molar-refractivity contribution is -0.111. The Morgan fingerprint density at radius 1 is 1.29 bits per heavy atom. The van der Waals surface area contributed by atoms with E-state index in [1.807, 2.05) is 39.0 Å². The molecule has 2 aromatic rings. The monoisotopic (exact) mass is 283 g/mol. The molecule has 0 aliphatic carbocycles. The minimum atomic E-state index is -0.155. The zero-order valence-electron chi connectivity index (χ0n) is 12.9. The Morgan fingerprint density at radius 3 is 2.71 bits per heavy atom. The highest BCUT2D eigenvalue weighted by Crippen LogP contribution is 2.14. The maximum atomic E-state index is 12.0. The van der Waals surface area contributed by atoms with Crippen LogP contribution in [0.5, 0.6) is 0 Å². The maximum Gasteiger partial charge on any atom is 0.249 e. The van der Waals surface area contributed by atoms with Gasteiger partial charge in [0.2, 0.25) is 5.91 Å². The second-order valence-electron chi connectivity index (χ2n) is 5.44. The Hall–Kier alpha value is -2.36. The van der Waals surface area contributed by atoms with E-state index in [9.17, 15) is 4.79 Å². The second kappa shape index (κ2) is 6.39. The van der Waals surface area contributed by atoms with Crippen molar-refractivity contribution in [2.75, 3.05) is 5.32 Å². The molecule has 0 saturated carbocycles. The molecule has 110 valence electrons. The van der Waals surface area contributed by atoms with Crippen LogP contribution < -0.4 is 5.32 Å². The molecule has 21 heavy (non-hydrogen) atoms. The van der Waals surface area contributed by atoms with Crippen molar-refractivity contribution in [3.8, 4) is 0 Å². The number of benzene rings is 1. The number of hydrogen-bond acceptors (Lipinski definition) is 2. The topological polar surface area (TPSA) is 46.9 Å². The summed E-state index contributed by atoms with van der Waals surface area (Å²) >= 11 is 0. The molecule has 1 N–H and O–H groups in total. The highest BCUT2D eigenvalue weighted by atomic mass is 16.1. The lowest BCUT2D eigenvalue weighted by atomic mass is 10.1. The van der Waals surface area contributed by atoms with Crippen LogP contribution in [0.25, 0.3) is 6.08 Å². The summed E-state index contributed by atoms with van der Waals surface area (Å²) in [6.07, 6.45) is 5.07. The standard InChI is InChI=1S/C17H21N3O/c1-12(2)20-16(9-10-18-20)19-17(21)8-7-15-6-5-13(3)11-14(15)4/h5-12H,1-4H3,(H,19,21)/b8-7+. The Balaban J connectivity index is 2.07. The summed E-state index contributed by atoms with van der Waals surface area (Å²) in [7, 11) is 0. The molecule has 0 saturated heterocycles. The summed E-state index contributed by atoms with van der Waals surface area (Å²) in [5, 5.41) is 7.04. The van der Waals surface area contributed by atoms with Crippen LogP contribution in [0.4, 0.5) is 5.82 Å². The zero-order valence-corrected chi connectivity index (χ0v) is 12.9. The molecule has 4 nitrogen and oxygen atoms in total. The largest absolute Gasteiger partial charge is 0.307 e. The maximum absolute atomic E-state index is 12.0. The van der Waals surface area contributed by atoms with Gasteiger partial charge in [-0.2, -0.15) is 5.10 Å². The number of aryl methyl sites for hydroxylation is 2. The molecule has 0 radical (unpaired) electrons. The number of nitrogens with one attached hydrogen (secondary N) is 1. The molecule has 0 bridgehead atoms. The van der Waals surface area contributed by atoms with Crippen LogP contribution in [0.3, 0.4) is 0 Å². The highest BCUT2D eigenvalue weighted by molar-refractivity contribution is 6.01. The minimum absolute atomic E-state index is 0.155. The molecular weight excluding hydrogens is 262 g/mol. The summed E-state index contributed by atoms with van der Waals surface area (Å²) in [6.45, 7) is 8.14. The van der Waals surface area contributed by atoms with Crippen molar-refractivity contribution < 1.29 is 4.79 Å². The highest BCUT2D eigenvalue weighted by Gasteiger charge is 2.07. The van der Waals surface area contributed by atoms with E-state index in [2.05, 4.69) is 23.4 Å². The van der Waals surface area contributed by atoms with Crippen molar-refractivity contribution >= 4 is 17.8 Å². The molecular formula is C17H21N3O. The van der Waals surface area contributed by atoms with Gasteiger partial charge in [0.15, 0.2) is 0 Å². The van der Waals surface area contributed by atoms with Gasteiger partial charge in [-0.05, 0) is 44.9 Å². The average Bonchev–Trinajstić information content (AvgIpc) is 2.86. The fourth-order valence-corrected chi connectivity index (χ4v) is 2.17. The first kappa shape index (κ1) is 15.0. The first-order chi connectivity index (χ1) is 9.97. The number of aromatic nitrogens is 2. The van der Waals surface area contributed by atoms with Gasteiger partial charge in [0.05, 0.1) is 6.20 Å². The number of carbonyl (C=O) groups is 1. The van der Waals surface area contributed by atoms with Crippen LogP contribution in [-0.4, -0.2) is 15.7 Å². The quantitative estimate of drug-likeness (QED) is 0.869. The summed E-state index contributed by atoms with van der Waals surface area (Å²) in [5.41, 5.74) is 3.43. The molecule has 0 aliphatic rings. The minimum Gasteiger partial charge on any atom is -0.307 e. The number of rotatable bonds is 4. The predicted octanol–water partition coefficient (Wildman–Crippen LogP) is 3.73. The van der Waals surface area contributed by atoms with Crippen LogP contribution in [0.15, 0.2) is 36.5 Å². The van der Waals surface area contributed by atoms with E-state index in [4.69, 9.17) is 0 Å². The van der Waals surface area contributed by atoms with Gasteiger partial charge < -0.3 is 5.32 Å². The van der Waals surface area contributed by atoms with E-state index in [0.717, 1.165) is 11.1 Å². The number of hydrogen-bond donors (Lipinski definition) is 1. The van der Waals surface area contributed by atoms with Gasteiger partial charge in [-0.25, -0.2) is 4.68 Å². The SMILES string of the molecule is Cc1ccc(/C=C/C(=O)Nc2ccnn2C(C)C)c(C)c1. The second-order valence-corrected chi connectivity index (χ2v) is 5.44. The van der Waals surface area contributed by atoms with Crippen molar-refractivity contribution in [3.05, 3.63) is 53.2 Å². The lowest BCUT2D eigenvalue weighted by Crippen LogP contribution is -2.14. The molecule has 1 aromatic heterocycles. The molecule has 0 fully saturated rings. The zero-order chi connectivity index (χ0) is 15.4. The van der Waals surface area contributed by atoms with Crippen molar-refractivity contribution in [2.24, 2.45) is 0 Å². The van der Waals surface area contributed by atoms with Crippen molar-refractivity contribution in [3.63, 3.8) is 0 Å². The fraction of sp³-hybridized carbons (Fsp3) is 0.294. The summed E-state index contributed by atoms with van der Waals surface area (Å²) < 4.78 is 1.78. The molecule has 4 heteroatoms. The van der Waals surface area contributed by atoms with Crippen LogP contribution in [0, 0.1) is 13.8 Å². The van der Waals surface area contributed by atoms with E-state index >= 15 is 0 Å². The first-order valence-corrected chi connectivity index (χ1v) is 7.07. The van der Waals surface area contributed by atoms with Gasteiger partial charge >= 0.3 is 0 Å². The van der Waals surface area contributed by atoms with Crippen molar-refractivity contribution in [2.45, 2.75) is 33.7 Å². The molecule has 1 amide bonds. The van der Waals surface area contributed by atoms with Crippen LogP contribution >= 0.6 is 0 Å². The summed E-state index contributed by atoms with van der Waals surface area (Å²) in [6, 6.07) is 8.16. The van der Waals surface area contributed by atoms with E-state index in [-0.39, 0.29) is 11.9 Å². The van der Waals surface area contributed by atoms with Crippen molar-refractivity contribution in [1.82, 2.24) is 9.78 Å². The molecule has 1 heterocycles. The fourth-order valence-electron chi connectivity index (χ4n) is 2.17. The van der Waals surface area contributed by atoms with E-state index in [1.165, 1.54) is 5.56 Å². The summed E-state index contributed by atoms with van der Waals surface area (Å²) in [5.74, 6) is 0.553. The third-order valence-electron chi connectivity index (χ3n) is 3.25. The van der Waals surface area contributed by atoms with Crippen LogP contribution in [0.1, 0.15) is 36.6 Å². The number of nitrogens with zero attached hydrogens (tertiary/aromatic N) is 2. The normalized spacial score (nSPS) is 11.3. The number of amides is 1. The first-order valence-electron chi connectivity index (χ1n) is 7.07. The van der Waals surface area contributed by atoms with Gasteiger partial charge in [0.1, 0.15) is 5.82 Å². The summed E-state index contributed by atoms with van der Waals surface area (Å²) in [4.78, 5) is 12.0. The Labute approximate surface area is 125 Å². The molecule has 0 spiro atoms. The van der Waals surface area contributed by atoms with Gasteiger partial charge in [-0.3, -0.25) is 4.79 Å². The molecule has 1 aromatic carbocycles. The van der Waals surface area contributed by atoms with E-state index < -0.39 is 0 Å². The molecule has 0 unspecified atom stereocenters. The molecule has 0 aliphatic heterocycles. The smallest absolute Gasteiger partial charge is 0.249 e. The predicted molar refractivity (Wildman–Crippen MR) is 86.2 cm³/mol. The van der Waals surface area contributed by atoms with Gasteiger partial charge in [0, 0.05) is 18.2 Å². The third kappa shape index (κ3) is 3.81. The number of anilines is 1. The lowest BCUT2D eigenvalue weighted by Gasteiger charge is -2.10. The van der Waals surface area contributed by atoms with Gasteiger partial charge in [0.25, 0.3) is 0 Å². The third-order valence-corrected chi connectivity index (χ3v) is 3.25. The Kier molecular flexibility index (Phi) is 4.58. The van der Waals surface area contributed by atoms with Crippen LogP contribution in [0.2, 0.25) is 0 Å². The molecule has 2 rings (SSSR count). The Bertz CT molecular complexity index is 668. The molecule has 0 atom stereocenters. The van der Waals surface area contributed by atoms with Crippen molar-refractivity contribution in [1.29, 1.82) is 0 Å². The van der Waals surface area contributed by atoms with Crippen LogP contribution in [-0.2, 0) is 4.79 Å². The van der Waals surface area contributed by atoms with E-state index in [0.29, 0.717) is 5.82 Å². The van der Waals surface area contributed by atoms with Gasteiger partial charge in [-0.1, -0.05) is 23.8 Å². The number of carbonyl (C=O) groups excluding carboxylic acids is 1. The van der Waals surface area contributed by atoms with E-state index in [1.54, 1.807) is 23.0 Å². The Morgan fingerprint density at radius 2 is 2.05 bits per heavy atom.